The number of amides is 2. The molecule has 1 aromatic heterocycles. The minimum atomic E-state index is -1.09. The Bertz CT molecular complexity index is 647. The van der Waals surface area contributed by atoms with E-state index in [0.717, 1.165) is 0 Å². The zero-order chi connectivity index (χ0) is 18.8. The molecule has 0 bridgehead atoms. The molecular formula is C18H26N2O5. The topological polar surface area (TPSA) is 97.6 Å². The normalized spacial score (nSPS) is 24.8. The van der Waals surface area contributed by atoms with Gasteiger partial charge in [0.15, 0.2) is 5.78 Å². The second kappa shape index (κ2) is 7.00. The smallest absolute Gasteiger partial charge is 0.255 e. The molecule has 0 saturated carbocycles. The number of hydrogen-bond acceptors (Lipinski definition) is 5. The van der Waals surface area contributed by atoms with Gasteiger partial charge in [0.2, 0.25) is 5.91 Å². The summed E-state index contributed by atoms with van der Waals surface area (Å²) in [5.41, 5.74) is -0.950. The molecule has 2 amide bonds. The fourth-order valence-corrected chi connectivity index (χ4v) is 2.72. The number of ether oxygens (including phenoxy) is 1. The van der Waals surface area contributed by atoms with E-state index in [1.165, 1.54) is 18.6 Å². The second-order valence-corrected chi connectivity index (χ2v) is 7.87. The largest absolute Gasteiger partial charge is 0.472 e. The Hall–Kier alpha value is -2.15. The summed E-state index contributed by atoms with van der Waals surface area (Å²) in [7, 11) is 0. The molecule has 7 heteroatoms. The average Bonchev–Trinajstić information content (AvgIpc) is 3.11. The maximum absolute atomic E-state index is 12.8. The van der Waals surface area contributed by atoms with Crippen LogP contribution in [0.25, 0.3) is 0 Å². The minimum absolute atomic E-state index is 0.0245. The average molecular weight is 350 g/mol. The number of ketones is 1. The van der Waals surface area contributed by atoms with Gasteiger partial charge in [0.1, 0.15) is 24.5 Å². The summed E-state index contributed by atoms with van der Waals surface area (Å²) in [6.45, 7) is 9.30. The molecule has 25 heavy (non-hydrogen) atoms. The molecular weight excluding hydrogens is 324 g/mol. The first-order valence-electron chi connectivity index (χ1n) is 8.33. The van der Waals surface area contributed by atoms with Crippen molar-refractivity contribution in [2.75, 3.05) is 6.61 Å². The summed E-state index contributed by atoms with van der Waals surface area (Å²) in [6.07, 6.45) is 2.70. The number of carbonyl (C=O) groups is 3. The highest BCUT2D eigenvalue weighted by Crippen LogP contribution is 2.25. The third-order valence-electron chi connectivity index (χ3n) is 4.46. The molecule has 0 radical (unpaired) electrons. The third-order valence-corrected chi connectivity index (χ3v) is 4.46. The Balaban J connectivity index is 2.15. The molecule has 2 heterocycles. The Kier molecular flexibility index (Phi) is 5.37. The van der Waals surface area contributed by atoms with Gasteiger partial charge in [-0.25, -0.2) is 0 Å². The highest BCUT2D eigenvalue weighted by molar-refractivity contribution is 6.00. The summed E-state index contributed by atoms with van der Waals surface area (Å²) < 4.78 is 10.2. The number of nitrogens with one attached hydrogen (secondary N) is 2. The predicted molar refractivity (Wildman–Crippen MR) is 91.0 cm³/mol. The molecule has 3 atom stereocenters. The Morgan fingerprint density at radius 1 is 1.40 bits per heavy atom. The number of rotatable bonds is 5. The molecule has 2 rings (SSSR count). The van der Waals surface area contributed by atoms with Crippen molar-refractivity contribution in [2.24, 2.45) is 5.41 Å². The van der Waals surface area contributed by atoms with E-state index in [0.29, 0.717) is 12.0 Å². The van der Waals surface area contributed by atoms with Crippen LogP contribution in [-0.2, 0) is 14.3 Å². The van der Waals surface area contributed by atoms with E-state index < -0.39 is 29.5 Å². The van der Waals surface area contributed by atoms with Crippen molar-refractivity contribution < 1.29 is 23.5 Å². The fraction of sp³-hybridized carbons (Fsp3) is 0.611. The van der Waals surface area contributed by atoms with Crippen LogP contribution in [0.5, 0.6) is 0 Å². The zero-order valence-corrected chi connectivity index (χ0v) is 15.3. The van der Waals surface area contributed by atoms with Crippen LogP contribution in [0.2, 0.25) is 0 Å². The van der Waals surface area contributed by atoms with Gasteiger partial charge in [-0.05, 0) is 31.7 Å². The van der Waals surface area contributed by atoms with Gasteiger partial charge in [0, 0.05) is 0 Å². The molecule has 0 aliphatic carbocycles. The van der Waals surface area contributed by atoms with E-state index in [4.69, 9.17) is 9.15 Å². The van der Waals surface area contributed by atoms with Crippen LogP contribution in [-0.4, -0.2) is 41.9 Å². The first-order valence-corrected chi connectivity index (χ1v) is 8.33. The van der Waals surface area contributed by atoms with Gasteiger partial charge >= 0.3 is 0 Å². The van der Waals surface area contributed by atoms with Crippen molar-refractivity contribution in [3.63, 3.8) is 0 Å². The lowest BCUT2D eigenvalue weighted by molar-refractivity contribution is -0.131. The Morgan fingerprint density at radius 2 is 2.08 bits per heavy atom. The SMILES string of the molecule is C[C@H]1OCC(=O)[C@]1(C)NC(=O)C(CC(C)(C)C)NC(=O)c1ccoc1. The quantitative estimate of drug-likeness (QED) is 0.842. The van der Waals surface area contributed by atoms with Gasteiger partial charge in [0.25, 0.3) is 5.91 Å². The van der Waals surface area contributed by atoms with Crippen LogP contribution >= 0.6 is 0 Å². The summed E-state index contributed by atoms with van der Waals surface area (Å²) in [4.78, 5) is 37.3. The monoisotopic (exact) mass is 350 g/mol. The van der Waals surface area contributed by atoms with Crippen molar-refractivity contribution in [3.05, 3.63) is 24.2 Å². The molecule has 138 valence electrons. The van der Waals surface area contributed by atoms with Crippen LogP contribution in [0, 0.1) is 5.41 Å². The predicted octanol–water partition coefficient (Wildman–Crippen LogP) is 1.68. The van der Waals surface area contributed by atoms with E-state index in [-0.39, 0.29) is 17.8 Å². The first kappa shape index (κ1) is 19.2. The zero-order valence-electron chi connectivity index (χ0n) is 15.3. The summed E-state index contributed by atoms with van der Waals surface area (Å²) in [5, 5.41) is 5.51. The number of carbonyl (C=O) groups excluding carboxylic acids is 3. The second-order valence-electron chi connectivity index (χ2n) is 7.87. The van der Waals surface area contributed by atoms with Crippen molar-refractivity contribution >= 4 is 17.6 Å². The van der Waals surface area contributed by atoms with Crippen LogP contribution in [0.3, 0.4) is 0 Å². The molecule has 1 aliphatic heterocycles. The van der Waals surface area contributed by atoms with E-state index in [1.807, 2.05) is 20.8 Å². The van der Waals surface area contributed by atoms with Gasteiger partial charge in [-0.15, -0.1) is 0 Å². The van der Waals surface area contributed by atoms with Crippen molar-refractivity contribution in [1.82, 2.24) is 10.6 Å². The van der Waals surface area contributed by atoms with Crippen molar-refractivity contribution in [1.29, 1.82) is 0 Å². The minimum Gasteiger partial charge on any atom is -0.472 e. The maximum Gasteiger partial charge on any atom is 0.255 e. The van der Waals surface area contributed by atoms with Gasteiger partial charge in [0.05, 0.1) is 17.9 Å². The standard InChI is InChI=1S/C18H26N2O5/c1-11-18(5,14(21)10-25-11)20-16(23)13(8-17(2,3)4)19-15(22)12-6-7-24-9-12/h6-7,9,11,13H,8,10H2,1-5H3,(H,19,22)(H,20,23)/t11-,13?,18-/m1/s1. The molecule has 1 fully saturated rings. The van der Waals surface area contributed by atoms with E-state index in [9.17, 15) is 14.4 Å². The fourth-order valence-electron chi connectivity index (χ4n) is 2.72. The van der Waals surface area contributed by atoms with Crippen molar-refractivity contribution in [3.8, 4) is 0 Å². The number of hydrogen-bond donors (Lipinski definition) is 2. The van der Waals surface area contributed by atoms with Crippen LogP contribution < -0.4 is 10.6 Å². The molecule has 1 saturated heterocycles. The summed E-state index contributed by atoms with van der Waals surface area (Å²) >= 11 is 0. The molecule has 2 N–H and O–H groups in total. The van der Waals surface area contributed by atoms with Gasteiger partial charge < -0.3 is 19.8 Å². The molecule has 0 spiro atoms. The Morgan fingerprint density at radius 3 is 2.56 bits per heavy atom. The number of furan rings is 1. The van der Waals surface area contributed by atoms with Crippen LogP contribution in [0.4, 0.5) is 0 Å². The molecule has 1 aromatic rings. The molecule has 1 aliphatic rings. The molecule has 1 unspecified atom stereocenters. The van der Waals surface area contributed by atoms with Crippen molar-refractivity contribution in [2.45, 2.75) is 58.7 Å². The summed E-state index contributed by atoms with van der Waals surface area (Å²) in [5.74, 6) is -0.977. The van der Waals surface area contributed by atoms with Gasteiger partial charge in [-0.2, -0.15) is 0 Å². The molecule has 0 aromatic carbocycles. The first-order chi connectivity index (χ1) is 11.5. The van der Waals surface area contributed by atoms with Crippen LogP contribution in [0.15, 0.2) is 23.0 Å². The molecule has 7 nitrogen and oxygen atoms in total. The van der Waals surface area contributed by atoms with Gasteiger partial charge in [-0.1, -0.05) is 20.8 Å². The number of Topliss-reactive ketones (excluding diaryl/α,β-unsaturated/α-hetero) is 1. The lowest BCUT2D eigenvalue weighted by atomic mass is 9.86. The van der Waals surface area contributed by atoms with E-state index in [1.54, 1.807) is 13.8 Å². The lowest BCUT2D eigenvalue weighted by Gasteiger charge is -2.32. The van der Waals surface area contributed by atoms with E-state index in [2.05, 4.69) is 10.6 Å². The Labute approximate surface area is 147 Å². The van der Waals surface area contributed by atoms with Gasteiger partial charge in [-0.3, -0.25) is 14.4 Å². The van der Waals surface area contributed by atoms with E-state index >= 15 is 0 Å². The highest BCUT2D eigenvalue weighted by Gasteiger charge is 2.47. The lowest BCUT2D eigenvalue weighted by Crippen LogP contribution is -2.60. The maximum atomic E-state index is 12.8. The third kappa shape index (κ3) is 4.48. The highest BCUT2D eigenvalue weighted by atomic mass is 16.5. The summed E-state index contributed by atoms with van der Waals surface area (Å²) in [6, 6.07) is 0.749. The van der Waals surface area contributed by atoms with Crippen LogP contribution in [0.1, 0.15) is 51.4 Å².